The molecule has 40 heavy (non-hydrogen) atoms. The minimum Gasteiger partial charge on any atom is -0.463 e. The van der Waals surface area contributed by atoms with Crippen molar-refractivity contribution in [3.8, 4) is 12.3 Å². The second kappa shape index (κ2) is 19.8. The summed E-state index contributed by atoms with van der Waals surface area (Å²) in [4.78, 5) is 59.1. The van der Waals surface area contributed by atoms with Crippen LogP contribution in [-0.4, -0.2) is 107 Å². The van der Waals surface area contributed by atoms with Gasteiger partial charge in [-0.3, -0.25) is 24.0 Å². The third-order valence-corrected chi connectivity index (χ3v) is 5.28. The van der Waals surface area contributed by atoms with Gasteiger partial charge in [0.2, 0.25) is 11.8 Å². The van der Waals surface area contributed by atoms with E-state index in [0.29, 0.717) is 39.2 Å². The second-order valence-corrected chi connectivity index (χ2v) is 8.77. The monoisotopic (exact) mass is 572 g/mol. The van der Waals surface area contributed by atoms with E-state index in [-0.39, 0.29) is 32.1 Å². The minimum absolute atomic E-state index is 0.125. The van der Waals surface area contributed by atoms with Crippen LogP contribution in [0.1, 0.15) is 47.0 Å². The predicted octanol–water partition coefficient (Wildman–Crippen LogP) is -0.388. The molecule has 0 radical (unpaired) electrons. The van der Waals surface area contributed by atoms with Gasteiger partial charge in [-0.05, 0) is 12.8 Å². The zero-order chi connectivity index (χ0) is 29.9. The van der Waals surface area contributed by atoms with E-state index in [9.17, 15) is 24.0 Å². The molecule has 14 heteroatoms. The van der Waals surface area contributed by atoms with Crippen LogP contribution in [0.2, 0.25) is 0 Å². The Hall–Kier alpha value is -3.25. The van der Waals surface area contributed by atoms with Gasteiger partial charge in [0.25, 0.3) is 0 Å². The largest absolute Gasteiger partial charge is 0.463 e. The van der Waals surface area contributed by atoms with E-state index in [2.05, 4.69) is 16.6 Å². The van der Waals surface area contributed by atoms with E-state index in [1.54, 1.807) is 0 Å². The standard InChI is InChI=1S/C26H40N2O12/c1-6-11-34-14-15-35-13-10-27-22(33)9-7-8-12-36-26-23(28-17(2)29)25(39-20(5)32)24(38-19(4)31)21(40-26)16-37-18(3)30/h1,21,23-26H,7-16H2,2-5H3,(H,27,33)(H,28,29). The summed E-state index contributed by atoms with van der Waals surface area (Å²) < 4.78 is 38.0. The molecule has 2 amide bonds. The van der Waals surface area contributed by atoms with E-state index in [1.807, 2.05) is 0 Å². The molecule has 14 nitrogen and oxygen atoms in total. The quantitative estimate of drug-likeness (QED) is 0.0944. The minimum atomic E-state index is -1.19. The van der Waals surface area contributed by atoms with Crippen molar-refractivity contribution < 1.29 is 57.1 Å². The molecule has 5 unspecified atom stereocenters. The number of terminal acetylenes is 1. The molecule has 1 saturated heterocycles. The highest BCUT2D eigenvalue weighted by Crippen LogP contribution is 2.28. The predicted molar refractivity (Wildman–Crippen MR) is 137 cm³/mol. The topological polar surface area (TPSA) is 174 Å². The summed E-state index contributed by atoms with van der Waals surface area (Å²) in [5.74, 6) is -0.271. The molecule has 2 N–H and O–H groups in total. The van der Waals surface area contributed by atoms with Crippen LogP contribution in [0, 0.1) is 12.3 Å². The van der Waals surface area contributed by atoms with Crippen molar-refractivity contribution >= 4 is 29.7 Å². The van der Waals surface area contributed by atoms with Crippen LogP contribution in [0.15, 0.2) is 0 Å². The van der Waals surface area contributed by atoms with Crippen molar-refractivity contribution in [1.82, 2.24) is 10.6 Å². The fourth-order valence-corrected chi connectivity index (χ4v) is 3.72. The van der Waals surface area contributed by atoms with Gasteiger partial charge in [-0.1, -0.05) is 5.92 Å². The Morgan fingerprint density at radius 3 is 2.15 bits per heavy atom. The zero-order valence-corrected chi connectivity index (χ0v) is 23.4. The molecule has 0 bridgehead atoms. The van der Waals surface area contributed by atoms with E-state index in [0.717, 1.165) is 13.8 Å². The number of nitrogens with one attached hydrogen (secondary N) is 2. The molecule has 0 aromatic carbocycles. The SMILES string of the molecule is C#CCOCCOCCNC(=O)CCCCOC1OC(COC(C)=O)C(OC(C)=O)C(OC(C)=O)C1NC(C)=O. The van der Waals surface area contributed by atoms with Gasteiger partial charge in [-0.15, -0.1) is 6.42 Å². The normalized spacial score (nSPS) is 21.9. The molecular weight excluding hydrogens is 532 g/mol. The molecule has 5 atom stereocenters. The molecule has 0 aliphatic carbocycles. The average Bonchev–Trinajstić information content (AvgIpc) is 2.86. The zero-order valence-electron chi connectivity index (χ0n) is 23.4. The number of esters is 3. The first-order valence-corrected chi connectivity index (χ1v) is 12.9. The molecule has 0 aromatic rings. The van der Waals surface area contributed by atoms with E-state index < -0.39 is 54.5 Å². The summed E-state index contributed by atoms with van der Waals surface area (Å²) in [5.41, 5.74) is 0. The Morgan fingerprint density at radius 2 is 1.52 bits per heavy atom. The lowest BCUT2D eigenvalue weighted by Crippen LogP contribution is -2.66. The molecule has 0 saturated carbocycles. The first kappa shape index (κ1) is 34.8. The number of amides is 2. The van der Waals surface area contributed by atoms with Crippen LogP contribution in [0.5, 0.6) is 0 Å². The lowest BCUT2D eigenvalue weighted by Gasteiger charge is -2.44. The highest BCUT2D eigenvalue weighted by Gasteiger charge is 2.51. The molecular formula is C26H40N2O12. The molecule has 1 aliphatic rings. The van der Waals surface area contributed by atoms with Gasteiger partial charge >= 0.3 is 17.9 Å². The smallest absolute Gasteiger partial charge is 0.303 e. The fourth-order valence-electron chi connectivity index (χ4n) is 3.72. The first-order chi connectivity index (χ1) is 19.0. The summed E-state index contributed by atoms with van der Waals surface area (Å²) in [5, 5.41) is 5.37. The van der Waals surface area contributed by atoms with E-state index >= 15 is 0 Å². The van der Waals surface area contributed by atoms with Crippen LogP contribution in [0.25, 0.3) is 0 Å². The first-order valence-electron chi connectivity index (χ1n) is 12.9. The second-order valence-electron chi connectivity index (χ2n) is 8.77. The number of hydrogen-bond acceptors (Lipinski definition) is 12. The molecule has 0 spiro atoms. The number of hydrogen-bond donors (Lipinski definition) is 2. The molecule has 1 fully saturated rings. The third kappa shape index (κ3) is 14.8. The highest BCUT2D eigenvalue weighted by atomic mass is 16.7. The molecule has 1 rings (SSSR count). The summed E-state index contributed by atoms with van der Waals surface area (Å²) in [6.45, 7) is 6.24. The van der Waals surface area contributed by atoms with Crippen LogP contribution < -0.4 is 10.6 Å². The van der Waals surface area contributed by atoms with Crippen molar-refractivity contribution in [1.29, 1.82) is 0 Å². The van der Waals surface area contributed by atoms with Crippen LogP contribution >= 0.6 is 0 Å². The maximum atomic E-state index is 12.0. The summed E-state index contributed by atoms with van der Waals surface area (Å²) in [6.07, 6.45) is 1.69. The van der Waals surface area contributed by atoms with Crippen LogP contribution in [0.4, 0.5) is 0 Å². The van der Waals surface area contributed by atoms with Gasteiger partial charge < -0.3 is 43.8 Å². The van der Waals surface area contributed by atoms with Gasteiger partial charge in [0.05, 0.1) is 19.8 Å². The maximum Gasteiger partial charge on any atom is 0.303 e. The molecule has 226 valence electrons. The number of carbonyl (C=O) groups excluding carboxylic acids is 5. The van der Waals surface area contributed by atoms with Gasteiger partial charge in [-0.2, -0.15) is 0 Å². The van der Waals surface area contributed by atoms with Gasteiger partial charge in [0.15, 0.2) is 18.5 Å². The molecule has 1 heterocycles. The number of carbonyl (C=O) groups is 5. The van der Waals surface area contributed by atoms with Crippen LogP contribution in [0.3, 0.4) is 0 Å². The Labute approximate surface area is 234 Å². The van der Waals surface area contributed by atoms with Crippen molar-refractivity contribution in [3.63, 3.8) is 0 Å². The highest BCUT2D eigenvalue weighted by molar-refractivity contribution is 5.75. The van der Waals surface area contributed by atoms with Gasteiger partial charge in [0.1, 0.15) is 25.4 Å². The van der Waals surface area contributed by atoms with Crippen molar-refractivity contribution in [2.75, 3.05) is 46.2 Å². The lowest BCUT2D eigenvalue weighted by molar-refractivity contribution is -0.277. The number of unbranched alkanes of at least 4 members (excludes halogenated alkanes) is 1. The van der Waals surface area contributed by atoms with Crippen molar-refractivity contribution in [2.45, 2.75) is 77.6 Å². The summed E-state index contributed by atoms with van der Waals surface area (Å²) in [6, 6.07) is -1.04. The van der Waals surface area contributed by atoms with Crippen molar-refractivity contribution in [3.05, 3.63) is 0 Å². The summed E-state index contributed by atoms with van der Waals surface area (Å²) in [7, 11) is 0. The van der Waals surface area contributed by atoms with Crippen molar-refractivity contribution in [2.24, 2.45) is 0 Å². The Bertz CT molecular complexity index is 874. The molecule has 0 aromatic heterocycles. The van der Waals surface area contributed by atoms with Gasteiger partial charge in [-0.25, -0.2) is 0 Å². The lowest BCUT2D eigenvalue weighted by atomic mass is 9.96. The number of ether oxygens (including phenoxy) is 7. The Kier molecular flexibility index (Phi) is 17.2. The van der Waals surface area contributed by atoms with E-state index in [4.69, 9.17) is 39.6 Å². The fraction of sp³-hybridized carbons (Fsp3) is 0.731. The molecule has 1 aliphatic heterocycles. The average molecular weight is 573 g/mol. The third-order valence-electron chi connectivity index (χ3n) is 5.28. The van der Waals surface area contributed by atoms with Gasteiger partial charge in [0, 0.05) is 47.3 Å². The maximum absolute atomic E-state index is 12.0. The van der Waals surface area contributed by atoms with Crippen LogP contribution in [-0.2, 0) is 57.1 Å². The van der Waals surface area contributed by atoms with E-state index in [1.165, 1.54) is 13.8 Å². The number of rotatable bonds is 18. The summed E-state index contributed by atoms with van der Waals surface area (Å²) >= 11 is 0. The Balaban J connectivity index is 2.67. The Morgan fingerprint density at radius 1 is 0.850 bits per heavy atom.